The zero-order valence-corrected chi connectivity index (χ0v) is 11.9. The molecule has 2 aliphatic rings. The smallest absolute Gasteiger partial charge is 0.0124 e. The molecule has 0 spiro atoms. The molecule has 1 unspecified atom stereocenters. The third-order valence-corrected chi connectivity index (χ3v) is 5.26. The van der Waals surface area contributed by atoms with Crippen molar-refractivity contribution >= 4 is 0 Å². The van der Waals surface area contributed by atoms with Gasteiger partial charge >= 0.3 is 0 Å². The monoisotopic (exact) mass is 237 g/mol. The van der Waals surface area contributed by atoms with Crippen LogP contribution in [0.15, 0.2) is 0 Å². The zero-order chi connectivity index (χ0) is 12.1. The molecule has 2 aliphatic carbocycles. The fourth-order valence-corrected chi connectivity index (χ4v) is 3.78. The van der Waals surface area contributed by atoms with E-state index >= 15 is 0 Å². The van der Waals surface area contributed by atoms with Crippen LogP contribution in [-0.4, -0.2) is 12.6 Å². The van der Waals surface area contributed by atoms with Gasteiger partial charge in [-0.25, -0.2) is 0 Å². The summed E-state index contributed by atoms with van der Waals surface area (Å²) in [7, 11) is 0. The maximum atomic E-state index is 3.87. The molecule has 0 saturated heterocycles. The van der Waals surface area contributed by atoms with E-state index in [0.717, 1.165) is 23.8 Å². The topological polar surface area (TPSA) is 12.0 Å². The summed E-state index contributed by atoms with van der Waals surface area (Å²) in [5.41, 5.74) is 0. The summed E-state index contributed by atoms with van der Waals surface area (Å²) in [5, 5.41) is 3.87. The lowest BCUT2D eigenvalue weighted by molar-refractivity contribution is 0.130. The van der Waals surface area contributed by atoms with Crippen molar-refractivity contribution in [3.8, 4) is 0 Å². The lowest BCUT2D eigenvalue weighted by Gasteiger charge is -2.42. The van der Waals surface area contributed by atoms with Crippen LogP contribution in [0.1, 0.15) is 71.6 Å². The van der Waals surface area contributed by atoms with Crippen LogP contribution in [0.4, 0.5) is 0 Å². The Balaban J connectivity index is 1.82. The zero-order valence-electron chi connectivity index (χ0n) is 11.9. The molecular weight excluding hydrogens is 206 g/mol. The van der Waals surface area contributed by atoms with Gasteiger partial charge in [0.25, 0.3) is 0 Å². The molecule has 0 aliphatic heterocycles. The minimum Gasteiger partial charge on any atom is -0.313 e. The van der Waals surface area contributed by atoms with E-state index < -0.39 is 0 Å². The van der Waals surface area contributed by atoms with Crippen molar-refractivity contribution in [1.29, 1.82) is 0 Å². The van der Waals surface area contributed by atoms with E-state index in [1.807, 2.05) is 0 Å². The molecule has 2 rings (SSSR count). The third-order valence-electron chi connectivity index (χ3n) is 5.26. The Morgan fingerprint density at radius 3 is 2.06 bits per heavy atom. The van der Waals surface area contributed by atoms with Gasteiger partial charge in [-0.1, -0.05) is 39.5 Å². The van der Waals surface area contributed by atoms with Crippen molar-refractivity contribution in [1.82, 2.24) is 5.32 Å². The molecule has 0 amide bonds. The molecule has 17 heavy (non-hydrogen) atoms. The first-order valence-electron chi connectivity index (χ1n) is 8.08. The highest BCUT2D eigenvalue weighted by molar-refractivity contribution is 4.89. The molecule has 0 aromatic rings. The fourth-order valence-electron chi connectivity index (χ4n) is 3.78. The Hall–Kier alpha value is -0.0400. The van der Waals surface area contributed by atoms with Gasteiger partial charge in [-0.2, -0.15) is 0 Å². The van der Waals surface area contributed by atoms with E-state index in [1.165, 1.54) is 64.3 Å². The minimum atomic E-state index is 0.863. The molecule has 0 radical (unpaired) electrons. The van der Waals surface area contributed by atoms with Crippen LogP contribution in [0.2, 0.25) is 0 Å². The average Bonchev–Trinajstić information content (AvgIpc) is 2.32. The summed E-state index contributed by atoms with van der Waals surface area (Å²) in [4.78, 5) is 0. The quantitative estimate of drug-likeness (QED) is 0.723. The Kier molecular flexibility index (Phi) is 5.34. The number of rotatable bonds is 6. The van der Waals surface area contributed by atoms with Gasteiger partial charge in [0.1, 0.15) is 0 Å². The fraction of sp³-hybridized carbons (Fsp3) is 1.00. The summed E-state index contributed by atoms with van der Waals surface area (Å²) in [6.07, 6.45) is 13.2. The van der Waals surface area contributed by atoms with E-state index in [0.29, 0.717) is 0 Å². The second kappa shape index (κ2) is 6.78. The van der Waals surface area contributed by atoms with Crippen LogP contribution in [0.3, 0.4) is 0 Å². The van der Waals surface area contributed by atoms with Gasteiger partial charge in [-0.05, 0) is 56.4 Å². The van der Waals surface area contributed by atoms with Crippen molar-refractivity contribution in [2.24, 2.45) is 17.8 Å². The van der Waals surface area contributed by atoms with Crippen LogP contribution in [-0.2, 0) is 0 Å². The van der Waals surface area contributed by atoms with Gasteiger partial charge in [-0.3, -0.25) is 0 Å². The summed E-state index contributed by atoms with van der Waals surface area (Å²) >= 11 is 0. The lowest BCUT2D eigenvalue weighted by atomic mass is 9.69. The van der Waals surface area contributed by atoms with Crippen LogP contribution < -0.4 is 5.32 Å². The van der Waals surface area contributed by atoms with Gasteiger partial charge in [0.2, 0.25) is 0 Å². The van der Waals surface area contributed by atoms with E-state index in [2.05, 4.69) is 19.2 Å². The molecule has 1 atom stereocenters. The Bertz CT molecular complexity index is 202. The van der Waals surface area contributed by atoms with Crippen LogP contribution in [0, 0.1) is 17.8 Å². The second-order valence-corrected chi connectivity index (χ2v) is 6.36. The number of nitrogens with one attached hydrogen (secondary N) is 1. The number of hydrogen-bond donors (Lipinski definition) is 1. The summed E-state index contributed by atoms with van der Waals surface area (Å²) < 4.78 is 0. The van der Waals surface area contributed by atoms with Crippen molar-refractivity contribution in [3.05, 3.63) is 0 Å². The first-order chi connectivity index (χ1) is 8.35. The summed E-state index contributed by atoms with van der Waals surface area (Å²) in [6, 6.07) is 0.863. The predicted molar refractivity (Wildman–Crippen MR) is 75.2 cm³/mol. The van der Waals surface area contributed by atoms with Crippen molar-refractivity contribution in [3.63, 3.8) is 0 Å². The molecule has 1 nitrogen and oxygen atoms in total. The maximum absolute atomic E-state index is 3.87. The molecule has 0 bridgehead atoms. The SMILES string of the molecule is CCCNC(C1CCC1)C1CCC(CC)CC1. The van der Waals surface area contributed by atoms with Gasteiger partial charge in [0, 0.05) is 6.04 Å². The predicted octanol–water partition coefficient (Wildman–Crippen LogP) is 4.37. The molecule has 1 N–H and O–H groups in total. The molecular formula is C16H31N. The van der Waals surface area contributed by atoms with E-state index in [1.54, 1.807) is 0 Å². The van der Waals surface area contributed by atoms with Crippen LogP contribution in [0.5, 0.6) is 0 Å². The third kappa shape index (κ3) is 3.47. The second-order valence-electron chi connectivity index (χ2n) is 6.36. The first-order valence-corrected chi connectivity index (χ1v) is 8.08. The van der Waals surface area contributed by atoms with E-state index in [9.17, 15) is 0 Å². The van der Waals surface area contributed by atoms with E-state index in [-0.39, 0.29) is 0 Å². The summed E-state index contributed by atoms with van der Waals surface area (Å²) in [6.45, 7) is 5.89. The molecule has 0 heterocycles. The van der Waals surface area contributed by atoms with Gasteiger partial charge in [0.05, 0.1) is 0 Å². The van der Waals surface area contributed by atoms with Gasteiger partial charge < -0.3 is 5.32 Å². The standard InChI is InChI=1S/C16H31N/c1-3-12-17-16(14-6-5-7-14)15-10-8-13(4-2)9-11-15/h13-17H,3-12H2,1-2H3. The Morgan fingerprint density at radius 2 is 1.59 bits per heavy atom. The normalized spacial score (nSPS) is 32.1. The highest BCUT2D eigenvalue weighted by Gasteiger charge is 2.34. The maximum Gasteiger partial charge on any atom is 0.0124 e. The van der Waals surface area contributed by atoms with Crippen molar-refractivity contribution in [2.75, 3.05) is 6.54 Å². The van der Waals surface area contributed by atoms with E-state index in [4.69, 9.17) is 0 Å². The lowest BCUT2D eigenvalue weighted by Crippen LogP contribution is -2.46. The van der Waals surface area contributed by atoms with Crippen molar-refractivity contribution in [2.45, 2.75) is 77.7 Å². The molecule has 0 aromatic carbocycles. The summed E-state index contributed by atoms with van der Waals surface area (Å²) in [5.74, 6) is 3.05. The molecule has 0 aromatic heterocycles. The highest BCUT2D eigenvalue weighted by Crippen LogP contribution is 2.39. The average molecular weight is 237 g/mol. The molecule has 1 heteroatoms. The Labute approximate surface area is 108 Å². The first kappa shape index (κ1) is 13.4. The molecule has 2 saturated carbocycles. The molecule has 2 fully saturated rings. The highest BCUT2D eigenvalue weighted by atomic mass is 14.9. The van der Waals surface area contributed by atoms with Gasteiger partial charge in [0.15, 0.2) is 0 Å². The largest absolute Gasteiger partial charge is 0.313 e. The molecule has 100 valence electrons. The minimum absolute atomic E-state index is 0.863. The number of hydrogen-bond acceptors (Lipinski definition) is 1. The van der Waals surface area contributed by atoms with Crippen LogP contribution >= 0.6 is 0 Å². The van der Waals surface area contributed by atoms with Crippen molar-refractivity contribution < 1.29 is 0 Å². The van der Waals surface area contributed by atoms with Crippen LogP contribution in [0.25, 0.3) is 0 Å². The Morgan fingerprint density at radius 1 is 0.941 bits per heavy atom. The van der Waals surface area contributed by atoms with Gasteiger partial charge in [-0.15, -0.1) is 0 Å².